The summed E-state index contributed by atoms with van der Waals surface area (Å²) < 4.78 is 0. The third-order valence-corrected chi connectivity index (χ3v) is 0.922. The molecule has 0 fully saturated rings. The lowest BCUT2D eigenvalue weighted by Crippen LogP contribution is -2.49. The van der Waals surface area contributed by atoms with Gasteiger partial charge < -0.3 is 21.7 Å². The molecular weight excluding hydrogens is 140 g/mol. The zero-order valence-corrected chi connectivity index (χ0v) is 5.02. The van der Waals surface area contributed by atoms with E-state index in [4.69, 9.17) is 15.9 Å². The molecular formula is C4H8N2O4. The highest BCUT2D eigenvalue weighted by atomic mass is 16.4. The van der Waals surface area contributed by atoms with Gasteiger partial charge in [-0.25, -0.2) is 4.79 Å². The van der Waals surface area contributed by atoms with Crippen molar-refractivity contribution < 1.29 is 19.8 Å². The van der Waals surface area contributed by atoms with Crippen LogP contribution in [0.1, 0.15) is 0 Å². The van der Waals surface area contributed by atoms with Gasteiger partial charge >= 0.3 is 5.97 Å². The van der Waals surface area contributed by atoms with Crippen LogP contribution in [0.2, 0.25) is 0 Å². The van der Waals surface area contributed by atoms with Crippen molar-refractivity contribution in [1.29, 1.82) is 0 Å². The van der Waals surface area contributed by atoms with E-state index >= 15 is 0 Å². The number of carbonyl (C=O) groups is 2. The molecule has 0 heterocycles. The smallest absolute Gasteiger partial charge is 0.334 e. The topological polar surface area (TPSA) is 127 Å². The molecule has 0 aromatic carbocycles. The van der Waals surface area contributed by atoms with Gasteiger partial charge in [0.25, 0.3) is 0 Å². The first-order valence-electron chi connectivity index (χ1n) is 2.42. The van der Waals surface area contributed by atoms with Gasteiger partial charge in [0.1, 0.15) is 6.04 Å². The molecule has 6 N–H and O–H groups in total. The Hall–Kier alpha value is -1.14. The van der Waals surface area contributed by atoms with Gasteiger partial charge in [-0.05, 0) is 0 Å². The van der Waals surface area contributed by atoms with Crippen molar-refractivity contribution >= 4 is 11.9 Å². The van der Waals surface area contributed by atoms with Gasteiger partial charge in [0.15, 0.2) is 6.10 Å². The SMILES string of the molecule is NC(=O)[C@@H](N)C(O)C(=O)O. The molecule has 0 aliphatic carbocycles. The first-order chi connectivity index (χ1) is 4.46. The lowest BCUT2D eigenvalue weighted by Gasteiger charge is -2.09. The second-order valence-corrected chi connectivity index (χ2v) is 1.71. The third kappa shape index (κ3) is 2.00. The van der Waals surface area contributed by atoms with Crippen LogP contribution in [-0.4, -0.2) is 34.2 Å². The Morgan fingerprint density at radius 1 is 1.40 bits per heavy atom. The van der Waals surface area contributed by atoms with Crippen molar-refractivity contribution in [2.45, 2.75) is 12.1 Å². The van der Waals surface area contributed by atoms with E-state index in [0.717, 1.165) is 0 Å². The first kappa shape index (κ1) is 8.86. The highest BCUT2D eigenvalue weighted by molar-refractivity contribution is 5.87. The van der Waals surface area contributed by atoms with Crippen molar-refractivity contribution in [2.24, 2.45) is 11.5 Å². The van der Waals surface area contributed by atoms with Crippen molar-refractivity contribution in [2.75, 3.05) is 0 Å². The Labute approximate surface area is 56.4 Å². The van der Waals surface area contributed by atoms with Crippen molar-refractivity contribution in [3.63, 3.8) is 0 Å². The van der Waals surface area contributed by atoms with Gasteiger partial charge in [-0.2, -0.15) is 0 Å². The van der Waals surface area contributed by atoms with Gasteiger partial charge in [-0.1, -0.05) is 0 Å². The van der Waals surface area contributed by atoms with Crippen molar-refractivity contribution in [3.05, 3.63) is 0 Å². The Morgan fingerprint density at radius 3 is 1.90 bits per heavy atom. The number of aliphatic hydroxyl groups excluding tert-OH is 1. The van der Waals surface area contributed by atoms with E-state index in [1.165, 1.54) is 0 Å². The molecule has 10 heavy (non-hydrogen) atoms. The average Bonchev–Trinajstić information content (AvgIpc) is 1.84. The summed E-state index contributed by atoms with van der Waals surface area (Å²) in [6.07, 6.45) is -1.92. The minimum Gasteiger partial charge on any atom is -0.479 e. The predicted molar refractivity (Wildman–Crippen MR) is 30.8 cm³/mol. The summed E-state index contributed by atoms with van der Waals surface area (Å²) in [4.78, 5) is 20.0. The molecule has 1 unspecified atom stereocenters. The van der Waals surface area contributed by atoms with Gasteiger partial charge in [0, 0.05) is 0 Å². The molecule has 0 aliphatic rings. The number of primary amides is 1. The molecule has 6 heteroatoms. The predicted octanol–water partition coefficient (Wildman–Crippen LogP) is -2.76. The summed E-state index contributed by atoms with van der Waals surface area (Å²) in [6, 6.07) is -1.54. The highest BCUT2D eigenvalue weighted by Gasteiger charge is 2.26. The van der Waals surface area contributed by atoms with Crippen LogP contribution in [0.15, 0.2) is 0 Å². The molecule has 0 aromatic rings. The summed E-state index contributed by atoms with van der Waals surface area (Å²) in [5.74, 6) is -2.61. The standard InChI is InChI=1S/C4H8N2O4/c5-1(3(6)8)2(7)4(9)10/h1-2,7H,5H2,(H2,6,8)(H,9,10)/t1-,2?/m0/s1. The largest absolute Gasteiger partial charge is 0.479 e. The molecule has 0 aromatic heterocycles. The number of amides is 1. The van der Waals surface area contributed by atoms with Gasteiger partial charge in [-0.15, -0.1) is 0 Å². The maximum absolute atomic E-state index is 10.1. The quantitative estimate of drug-likeness (QED) is 0.345. The fraction of sp³-hybridized carbons (Fsp3) is 0.500. The van der Waals surface area contributed by atoms with Crippen molar-refractivity contribution in [3.8, 4) is 0 Å². The normalized spacial score (nSPS) is 15.8. The summed E-state index contributed by atoms with van der Waals surface area (Å²) in [6.45, 7) is 0. The molecule has 1 amide bonds. The lowest BCUT2D eigenvalue weighted by molar-refractivity contribution is -0.149. The van der Waals surface area contributed by atoms with Crippen LogP contribution in [0.3, 0.4) is 0 Å². The maximum Gasteiger partial charge on any atom is 0.334 e. The number of nitrogens with two attached hydrogens (primary N) is 2. The van der Waals surface area contributed by atoms with Gasteiger partial charge in [0.2, 0.25) is 5.91 Å². The minimum absolute atomic E-state index is 1.05. The lowest BCUT2D eigenvalue weighted by atomic mass is 10.2. The molecule has 0 radical (unpaired) electrons. The number of hydrogen-bond acceptors (Lipinski definition) is 4. The number of aliphatic carboxylic acids is 1. The molecule has 0 aliphatic heterocycles. The van der Waals surface area contributed by atoms with E-state index in [0.29, 0.717) is 0 Å². The van der Waals surface area contributed by atoms with Crippen LogP contribution in [-0.2, 0) is 9.59 Å². The molecule has 2 atom stereocenters. The molecule has 0 rings (SSSR count). The van der Waals surface area contributed by atoms with Crippen LogP contribution in [0, 0.1) is 0 Å². The zero-order chi connectivity index (χ0) is 8.31. The van der Waals surface area contributed by atoms with Crippen LogP contribution in [0.25, 0.3) is 0 Å². The molecule has 58 valence electrons. The van der Waals surface area contributed by atoms with E-state index in [9.17, 15) is 9.59 Å². The number of rotatable bonds is 3. The van der Waals surface area contributed by atoms with Gasteiger partial charge in [0.05, 0.1) is 0 Å². The van der Waals surface area contributed by atoms with Crippen LogP contribution in [0.4, 0.5) is 0 Å². The zero-order valence-electron chi connectivity index (χ0n) is 5.02. The van der Waals surface area contributed by atoms with E-state index in [1.807, 2.05) is 0 Å². The van der Waals surface area contributed by atoms with E-state index < -0.39 is 24.0 Å². The summed E-state index contributed by atoms with van der Waals surface area (Å²) >= 11 is 0. The maximum atomic E-state index is 10.1. The van der Waals surface area contributed by atoms with Crippen LogP contribution < -0.4 is 11.5 Å². The second-order valence-electron chi connectivity index (χ2n) is 1.71. The number of carbonyl (C=O) groups excluding carboxylic acids is 1. The fourth-order valence-corrected chi connectivity index (χ4v) is 0.309. The Kier molecular flexibility index (Phi) is 2.78. The van der Waals surface area contributed by atoms with E-state index in [1.54, 1.807) is 0 Å². The van der Waals surface area contributed by atoms with E-state index in [-0.39, 0.29) is 0 Å². The molecule has 0 saturated heterocycles. The molecule has 0 bridgehead atoms. The molecule has 6 nitrogen and oxygen atoms in total. The monoisotopic (exact) mass is 148 g/mol. The summed E-state index contributed by atoms with van der Waals surface area (Å²) in [5.41, 5.74) is 9.44. The van der Waals surface area contributed by atoms with Crippen molar-refractivity contribution in [1.82, 2.24) is 0 Å². The second kappa shape index (κ2) is 3.14. The number of carboxylic acid groups (broad SMARTS) is 1. The first-order valence-corrected chi connectivity index (χ1v) is 2.42. The Bertz CT molecular complexity index is 139. The molecule has 0 spiro atoms. The molecule has 0 saturated carbocycles. The Morgan fingerprint density at radius 2 is 1.80 bits per heavy atom. The number of aliphatic hydroxyl groups is 1. The van der Waals surface area contributed by atoms with Crippen LogP contribution in [0.5, 0.6) is 0 Å². The number of hydrogen-bond donors (Lipinski definition) is 4. The average molecular weight is 148 g/mol. The van der Waals surface area contributed by atoms with E-state index in [2.05, 4.69) is 5.73 Å². The minimum atomic E-state index is -1.92. The third-order valence-electron chi connectivity index (χ3n) is 0.922. The fourth-order valence-electron chi connectivity index (χ4n) is 0.309. The number of carboxylic acids is 1. The summed E-state index contributed by atoms with van der Waals surface area (Å²) in [7, 11) is 0. The highest BCUT2D eigenvalue weighted by Crippen LogP contribution is 1.88. The van der Waals surface area contributed by atoms with Crippen LogP contribution >= 0.6 is 0 Å². The van der Waals surface area contributed by atoms with Gasteiger partial charge in [-0.3, -0.25) is 4.79 Å². The summed E-state index contributed by atoms with van der Waals surface area (Å²) in [5, 5.41) is 16.6. The Balaban J connectivity index is 4.07.